The molecule has 0 atom stereocenters. The van der Waals surface area contributed by atoms with Gasteiger partial charge in [-0.15, -0.1) is 0 Å². The fraction of sp³-hybridized carbons (Fsp3) is 0.200. The van der Waals surface area contributed by atoms with Crippen LogP contribution in [0.2, 0.25) is 0 Å². The van der Waals surface area contributed by atoms with Crippen molar-refractivity contribution in [2.45, 2.75) is 20.3 Å². The zero-order valence-corrected chi connectivity index (χ0v) is 10.1. The van der Waals surface area contributed by atoms with Gasteiger partial charge in [0.2, 0.25) is 0 Å². The highest BCUT2D eigenvalue weighted by Gasteiger charge is 2.14. The molecule has 0 unspecified atom stereocenters. The van der Waals surface area contributed by atoms with Gasteiger partial charge in [-0.1, -0.05) is 31.2 Å². The van der Waals surface area contributed by atoms with Gasteiger partial charge in [-0.3, -0.25) is 9.78 Å². The second-order valence-electron chi connectivity index (χ2n) is 4.03. The predicted octanol–water partition coefficient (Wildman–Crippen LogP) is 3.18. The molecule has 0 aliphatic heterocycles. The van der Waals surface area contributed by atoms with Crippen LogP contribution in [0.4, 0.5) is 0 Å². The van der Waals surface area contributed by atoms with E-state index in [0.29, 0.717) is 5.56 Å². The van der Waals surface area contributed by atoms with Crippen LogP contribution in [-0.4, -0.2) is 10.8 Å². The third kappa shape index (κ3) is 2.26. The van der Waals surface area contributed by atoms with Crippen molar-refractivity contribution >= 4 is 5.78 Å². The average molecular weight is 225 g/mol. The molecule has 2 heteroatoms. The van der Waals surface area contributed by atoms with Gasteiger partial charge in [-0.05, 0) is 30.5 Å². The molecule has 0 bridgehead atoms. The van der Waals surface area contributed by atoms with Gasteiger partial charge in [0.05, 0.1) is 0 Å². The molecule has 2 aromatic rings. The number of aryl methyl sites for hydroxylation is 2. The Hall–Kier alpha value is -1.96. The van der Waals surface area contributed by atoms with E-state index in [0.717, 1.165) is 23.1 Å². The van der Waals surface area contributed by atoms with Gasteiger partial charge in [0.1, 0.15) is 0 Å². The van der Waals surface area contributed by atoms with Gasteiger partial charge in [0.25, 0.3) is 0 Å². The summed E-state index contributed by atoms with van der Waals surface area (Å²) < 4.78 is 0. The second kappa shape index (κ2) is 4.91. The number of pyridine rings is 1. The van der Waals surface area contributed by atoms with E-state index in [1.54, 1.807) is 12.4 Å². The fourth-order valence-electron chi connectivity index (χ4n) is 1.90. The first-order valence-electron chi connectivity index (χ1n) is 5.77. The van der Waals surface area contributed by atoms with Crippen LogP contribution in [-0.2, 0) is 6.42 Å². The van der Waals surface area contributed by atoms with Crippen LogP contribution in [0.3, 0.4) is 0 Å². The Morgan fingerprint density at radius 3 is 2.65 bits per heavy atom. The topological polar surface area (TPSA) is 30.0 Å². The zero-order valence-electron chi connectivity index (χ0n) is 10.1. The highest BCUT2D eigenvalue weighted by molar-refractivity contribution is 6.10. The molecule has 1 heterocycles. The summed E-state index contributed by atoms with van der Waals surface area (Å²) in [6.45, 7) is 3.99. The van der Waals surface area contributed by atoms with Crippen molar-refractivity contribution in [3.05, 3.63) is 65.0 Å². The third-order valence-corrected chi connectivity index (χ3v) is 2.93. The lowest BCUT2D eigenvalue weighted by Crippen LogP contribution is -2.07. The van der Waals surface area contributed by atoms with Gasteiger partial charge in [0.15, 0.2) is 5.78 Å². The minimum absolute atomic E-state index is 0.0630. The van der Waals surface area contributed by atoms with Crippen LogP contribution < -0.4 is 0 Å². The molecule has 0 spiro atoms. The van der Waals surface area contributed by atoms with Crippen molar-refractivity contribution < 1.29 is 4.79 Å². The number of hydrogen-bond acceptors (Lipinski definition) is 2. The molecule has 0 saturated heterocycles. The summed E-state index contributed by atoms with van der Waals surface area (Å²) in [6, 6.07) is 9.61. The summed E-state index contributed by atoms with van der Waals surface area (Å²) in [7, 11) is 0. The van der Waals surface area contributed by atoms with E-state index >= 15 is 0 Å². The molecule has 86 valence electrons. The molecule has 0 fully saturated rings. The Kier molecular flexibility index (Phi) is 3.33. The SMILES string of the molecule is CCc1ccccc1C(=O)c1cnccc1C. The van der Waals surface area contributed by atoms with E-state index in [1.807, 2.05) is 37.3 Å². The molecule has 17 heavy (non-hydrogen) atoms. The maximum absolute atomic E-state index is 12.4. The second-order valence-corrected chi connectivity index (χ2v) is 4.03. The highest BCUT2D eigenvalue weighted by atomic mass is 16.1. The molecule has 1 aromatic carbocycles. The van der Waals surface area contributed by atoms with Gasteiger partial charge in [-0.25, -0.2) is 0 Å². The number of ketones is 1. The molecule has 1 aromatic heterocycles. The van der Waals surface area contributed by atoms with Crippen molar-refractivity contribution in [2.24, 2.45) is 0 Å². The summed E-state index contributed by atoms with van der Waals surface area (Å²) in [6.07, 6.45) is 4.21. The largest absolute Gasteiger partial charge is 0.289 e. The van der Waals surface area contributed by atoms with Crippen molar-refractivity contribution in [2.75, 3.05) is 0 Å². The van der Waals surface area contributed by atoms with Gasteiger partial charge >= 0.3 is 0 Å². The molecule has 0 aliphatic rings. The van der Waals surface area contributed by atoms with Gasteiger partial charge in [0, 0.05) is 23.5 Å². The van der Waals surface area contributed by atoms with Crippen molar-refractivity contribution in [3.8, 4) is 0 Å². The summed E-state index contributed by atoms with van der Waals surface area (Å²) in [5.41, 5.74) is 3.52. The Bertz CT molecular complexity index is 546. The molecule has 2 rings (SSSR count). The normalized spacial score (nSPS) is 10.2. The van der Waals surface area contributed by atoms with E-state index in [2.05, 4.69) is 11.9 Å². The Labute approximate surface area is 101 Å². The van der Waals surface area contributed by atoms with E-state index in [9.17, 15) is 4.79 Å². The van der Waals surface area contributed by atoms with Gasteiger partial charge < -0.3 is 0 Å². The molecular formula is C15H15NO. The maximum atomic E-state index is 12.4. The smallest absolute Gasteiger partial charge is 0.195 e. The van der Waals surface area contributed by atoms with E-state index in [4.69, 9.17) is 0 Å². The van der Waals surface area contributed by atoms with Crippen LogP contribution in [0, 0.1) is 6.92 Å². The summed E-state index contributed by atoms with van der Waals surface area (Å²) in [5.74, 6) is 0.0630. The molecule has 0 amide bonds. The Morgan fingerprint density at radius 1 is 1.18 bits per heavy atom. The van der Waals surface area contributed by atoms with E-state index in [1.165, 1.54) is 0 Å². The molecular weight excluding hydrogens is 210 g/mol. The van der Waals surface area contributed by atoms with Gasteiger partial charge in [-0.2, -0.15) is 0 Å². The first-order chi connectivity index (χ1) is 8.24. The average Bonchev–Trinajstić information content (AvgIpc) is 2.38. The lowest BCUT2D eigenvalue weighted by molar-refractivity contribution is 0.103. The molecule has 0 saturated carbocycles. The monoisotopic (exact) mass is 225 g/mol. The number of hydrogen-bond donors (Lipinski definition) is 0. The van der Waals surface area contributed by atoms with Crippen LogP contribution in [0.15, 0.2) is 42.7 Å². The van der Waals surface area contributed by atoms with Crippen molar-refractivity contribution in [1.29, 1.82) is 0 Å². The predicted molar refractivity (Wildman–Crippen MR) is 68.2 cm³/mol. The number of benzene rings is 1. The minimum atomic E-state index is 0.0630. The van der Waals surface area contributed by atoms with Crippen LogP contribution in [0.25, 0.3) is 0 Å². The molecule has 0 aliphatic carbocycles. The third-order valence-electron chi connectivity index (χ3n) is 2.93. The zero-order chi connectivity index (χ0) is 12.3. The number of nitrogens with zero attached hydrogens (tertiary/aromatic N) is 1. The lowest BCUT2D eigenvalue weighted by atomic mass is 9.96. The quantitative estimate of drug-likeness (QED) is 0.751. The standard InChI is InChI=1S/C15H15NO/c1-3-12-6-4-5-7-13(12)15(17)14-10-16-9-8-11(14)2/h4-10H,3H2,1-2H3. The first-order valence-corrected chi connectivity index (χ1v) is 5.77. The molecule has 0 N–H and O–H groups in total. The first kappa shape index (κ1) is 11.5. The summed E-state index contributed by atoms with van der Waals surface area (Å²) >= 11 is 0. The minimum Gasteiger partial charge on any atom is -0.289 e. The van der Waals surface area contributed by atoms with Crippen LogP contribution in [0.1, 0.15) is 34.0 Å². The number of rotatable bonds is 3. The number of carbonyl (C=O) groups excluding carboxylic acids is 1. The summed E-state index contributed by atoms with van der Waals surface area (Å²) in [4.78, 5) is 16.4. The number of carbonyl (C=O) groups is 1. The highest BCUT2D eigenvalue weighted by Crippen LogP contribution is 2.16. The molecule has 0 radical (unpaired) electrons. The fourth-order valence-corrected chi connectivity index (χ4v) is 1.90. The van der Waals surface area contributed by atoms with E-state index < -0.39 is 0 Å². The Balaban J connectivity index is 2.48. The van der Waals surface area contributed by atoms with Crippen LogP contribution >= 0.6 is 0 Å². The number of aromatic nitrogens is 1. The Morgan fingerprint density at radius 2 is 1.94 bits per heavy atom. The van der Waals surface area contributed by atoms with Crippen molar-refractivity contribution in [3.63, 3.8) is 0 Å². The van der Waals surface area contributed by atoms with Crippen molar-refractivity contribution in [1.82, 2.24) is 4.98 Å². The van der Waals surface area contributed by atoms with E-state index in [-0.39, 0.29) is 5.78 Å². The molecule has 2 nitrogen and oxygen atoms in total. The lowest BCUT2D eigenvalue weighted by Gasteiger charge is -2.08. The summed E-state index contributed by atoms with van der Waals surface area (Å²) in [5, 5.41) is 0. The maximum Gasteiger partial charge on any atom is 0.195 e. The van der Waals surface area contributed by atoms with Crippen LogP contribution in [0.5, 0.6) is 0 Å².